The summed E-state index contributed by atoms with van der Waals surface area (Å²) in [5.41, 5.74) is 2.20. The van der Waals surface area contributed by atoms with E-state index in [4.69, 9.17) is 4.74 Å². The van der Waals surface area contributed by atoms with Crippen molar-refractivity contribution in [1.29, 1.82) is 0 Å². The number of rotatable bonds is 5. The lowest BCUT2D eigenvalue weighted by Crippen LogP contribution is -2.15. The van der Waals surface area contributed by atoms with E-state index in [-0.39, 0.29) is 11.7 Å². The number of benzene rings is 2. The second-order valence-corrected chi connectivity index (χ2v) is 6.79. The number of ether oxygens (including phenoxy) is 1. The maximum absolute atomic E-state index is 12.4. The number of aryl methyl sites for hydroxylation is 1. The number of para-hydroxylation sites is 3. The van der Waals surface area contributed by atoms with E-state index in [0.29, 0.717) is 22.4 Å². The fourth-order valence-electron chi connectivity index (χ4n) is 2.79. The van der Waals surface area contributed by atoms with Crippen molar-refractivity contribution in [3.05, 3.63) is 54.4 Å². The van der Waals surface area contributed by atoms with E-state index >= 15 is 0 Å². The number of nitrogens with zero attached hydrogens (tertiary/aromatic N) is 4. The zero-order chi connectivity index (χ0) is 18.8. The van der Waals surface area contributed by atoms with Crippen molar-refractivity contribution in [3.8, 4) is 5.75 Å². The predicted octanol–water partition coefficient (Wildman–Crippen LogP) is 3.33. The maximum atomic E-state index is 12.4. The van der Waals surface area contributed by atoms with Crippen LogP contribution in [0.5, 0.6) is 5.75 Å². The average molecular weight is 379 g/mol. The summed E-state index contributed by atoms with van der Waals surface area (Å²) in [6, 6.07) is 15.1. The smallest absolute Gasteiger partial charge is 0.234 e. The Labute approximate surface area is 159 Å². The molecule has 0 aliphatic heterocycles. The van der Waals surface area contributed by atoms with Crippen molar-refractivity contribution < 1.29 is 9.53 Å². The second-order valence-electron chi connectivity index (χ2n) is 5.84. The molecular formula is C19H17N5O2S. The van der Waals surface area contributed by atoms with Gasteiger partial charge in [0.2, 0.25) is 5.91 Å². The van der Waals surface area contributed by atoms with E-state index < -0.39 is 0 Å². The zero-order valence-corrected chi connectivity index (χ0v) is 15.7. The minimum absolute atomic E-state index is 0.149. The van der Waals surface area contributed by atoms with E-state index in [9.17, 15) is 4.79 Å². The lowest BCUT2D eigenvalue weighted by Gasteiger charge is -2.10. The Balaban J connectivity index is 1.58. The van der Waals surface area contributed by atoms with Gasteiger partial charge in [0.05, 0.1) is 24.1 Å². The molecule has 0 saturated heterocycles. The highest BCUT2D eigenvalue weighted by atomic mass is 32.2. The topological polar surface area (TPSA) is 81.4 Å². The summed E-state index contributed by atoms with van der Waals surface area (Å²) in [6.45, 7) is 1.84. The SMILES string of the molecule is COc1ccccc1NC(=O)CSc1nc2ccccc2c2nc(C)nn12. The lowest BCUT2D eigenvalue weighted by molar-refractivity contribution is -0.113. The Morgan fingerprint density at radius 1 is 1.15 bits per heavy atom. The molecule has 0 bridgehead atoms. The van der Waals surface area contributed by atoms with Crippen LogP contribution >= 0.6 is 11.8 Å². The third-order valence-corrected chi connectivity index (χ3v) is 4.90. The Morgan fingerprint density at radius 2 is 1.93 bits per heavy atom. The van der Waals surface area contributed by atoms with E-state index in [1.807, 2.05) is 43.3 Å². The average Bonchev–Trinajstić information content (AvgIpc) is 3.08. The number of nitrogens with one attached hydrogen (secondary N) is 1. The largest absolute Gasteiger partial charge is 0.495 e. The van der Waals surface area contributed by atoms with Crippen LogP contribution in [0.2, 0.25) is 0 Å². The molecule has 7 nitrogen and oxygen atoms in total. The summed E-state index contributed by atoms with van der Waals surface area (Å²) in [7, 11) is 1.57. The minimum atomic E-state index is -0.149. The van der Waals surface area contributed by atoms with Gasteiger partial charge in [0.1, 0.15) is 11.6 Å². The van der Waals surface area contributed by atoms with Gasteiger partial charge in [-0.3, -0.25) is 4.79 Å². The van der Waals surface area contributed by atoms with Crippen LogP contribution in [0.3, 0.4) is 0 Å². The minimum Gasteiger partial charge on any atom is -0.495 e. The number of fused-ring (bicyclic) bond motifs is 3. The quantitative estimate of drug-likeness (QED) is 0.423. The van der Waals surface area contributed by atoms with Crippen LogP contribution < -0.4 is 10.1 Å². The van der Waals surface area contributed by atoms with Gasteiger partial charge in [-0.1, -0.05) is 36.0 Å². The van der Waals surface area contributed by atoms with Crippen molar-refractivity contribution in [3.63, 3.8) is 0 Å². The molecule has 2 aromatic carbocycles. The Kier molecular flexibility index (Phi) is 4.64. The fourth-order valence-corrected chi connectivity index (χ4v) is 3.54. The summed E-state index contributed by atoms with van der Waals surface area (Å²) in [5, 5.41) is 8.84. The van der Waals surface area contributed by atoms with Crippen LogP contribution in [-0.2, 0) is 4.79 Å². The van der Waals surface area contributed by atoms with Crippen molar-refractivity contribution in [2.75, 3.05) is 18.2 Å². The number of methoxy groups -OCH3 is 1. The van der Waals surface area contributed by atoms with Gasteiger partial charge in [0.25, 0.3) is 0 Å². The van der Waals surface area contributed by atoms with Crippen molar-refractivity contribution in [2.45, 2.75) is 12.1 Å². The number of amides is 1. The van der Waals surface area contributed by atoms with E-state index in [1.54, 1.807) is 23.8 Å². The van der Waals surface area contributed by atoms with E-state index in [2.05, 4.69) is 20.4 Å². The van der Waals surface area contributed by atoms with Gasteiger partial charge in [0, 0.05) is 5.39 Å². The molecule has 0 aliphatic carbocycles. The van der Waals surface area contributed by atoms with Crippen LogP contribution in [0.1, 0.15) is 5.82 Å². The summed E-state index contributed by atoms with van der Waals surface area (Å²) in [5.74, 6) is 1.32. The lowest BCUT2D eigenvalue weighted by atomic mass is 10.2. The Morgan fingerprint density at radius 3 is 2.78 bits per heavy atom. The summed E-state index contributed by atoms with van der Waals surface area (Å²) in [6.07, 6.45) is 0. The molecule has 0 aliphatic rings. The molecule has 0 fully saturated rings. The molecule has 0 spiro atoms. The number of carbonyl (C=O) groups is 1. The molecule has 2 aromatic heterocycles. The molecule has 4 aromatic rings. The standard InChI is InChI=1S/C19H17N5O2S/c1-12-20-18-13-7-3-4-8-14(13)22-19(24(18)23-12)27-11-17(25)21-15-9-5-6-10-16(15)26-2/h3-10H,11H2,1-2H3,(H,21,25). The predicted molar refractivity (Wildman–Crippen MR) is 105 cm³/mol. The van der Waals surface area contributed by atoms with Gasteiger partial charge in [-0.2, -0.15) is 4.52 Å². The highest BCUT2D eigenvalue weighted by molar-refractivity contribution is 7.99. The van der Waals surface area contributed by atoms with Crippen LogP contribution in [0.15, 0.2) is 53.7 Å². The first-order valence-electron chi connectivity index (χ1n) is 8.33. The first-order chi connectivity index (χ1) is 13.2. The zero-order valence-electron chi connectivity index (χ0n) is 14.8. The number of carbonyl (C=O) groups excluding carboxylic acids is 1. The molecule has 0 atom stereocenters. The molecule has 27 heavy (non-hydrogen) atoms. The molecule has 2 heterocycles. The van der Waals surface area contributed by atoms with Gasteiger partial charge in [-0.25, -0.2) is 9.97 Å². The summed E-state index contributed by atoms with van der Waals surface area (Å²) in [4.78, 5) is 21.5. The maximum Gasteiger partial charge on any atom is 0.234 e. The van der Waals surface area contributed by atoms with Crippen molar-refractivity contribution in [2.24, 2.45) is 0 Å². The van der Waals surface area contributed by atoms with Crippen molar-refractivity contribution >= 4 is 39.9 Å². The first-order valence-corrected chi connectivity index (χ1v) is 9.32. The highest BCUT2D eigenvalue weighted by Gasteiger charge is 2.14. The monoisotopic (exact) mass is 379 g/mol. The van der Waals surface area contributed by atoms with E-state index in [1.165, 1.54) is 11.8 Å². The summed E-state index contributed by atoms with van der Waals surface area (Å²) >= 11 is 1.32. The Bertz CT molecular complexity index is 1140. The molecule has 136 valence electrons. The molecule has 1 amide bonds. The third kappa shape index (κ3) is 3.43. The Hall–Kier alpha value is -3.13. The molecule has 4 rings (SSSR count). The number of hydrogen-bond acceptors (Lipinski definition) is 6. The number of anilines is 1. The molecular weight excluding hydrogens is 362 g/mol. The van der Waals surface area contributed by atoms with Gasteiger partial charge in [-0.05, 0) is 31.2 Å². The molecule has 1 N–H and O–H groups in total. The fraction of sp³-hybridized carbons (Fsp3) is 0.158. The molecule has 0 saturated carbocycles. The van der Waals surface area contributed by atoms with Crippen LogP contribution in [0.25, 0.3) is 16.6 Å². The van der Waals surface area contributed by atoms with E-state index in [0.717, 1.165) is 16.6 Å². The first kappa shape index (κ1) is 17.3. The van der Waals surface area contributed by atoms with Gasteiger partial charge in [0.15, 0.2) is 10.8 Å². The summed E-state index contributed by atoms with van der Waals surface area (Å²) < 4.78 is 6.95. The number of hydrogen-bond donors (Lipinski definition) is 1. The molecule has 0 unspecified atom stereocenters. The van der Waals surface area contributed by atoms with Crippen molar-refractivity contribution in [1.82, 2.24) is 19.6 Å². The van der Waals surface area contributed by atoms with Gasteiger partial charge >= 0.3 is 0 Å². The normalized spacial score (nSPS) is 11.0. The van der Waals surface area contributed by atoms with Crippen LogP contribution in [0.4, 0.5) is 5.69 Å². The van der Waals surface area contributed by atoms with Gasteiger partial charge < -0.3 is 10.1 Å². The highest BCUT2D eigenvalue weighted by Crippen LogP contribution is 2.26. The van der Waals surface area contributed by atoms with Crippen LogP contribution in [0, 0.1) is 6.92 Å². The second kappa shape index (κ2) is 7.24. The molecule has 0 radical (unpaired) electrons. The number of aromatic nitrogens is 4. The molecule has 8 heteroatoms. The van der Waals surface area contributed by atoms with Gasteiger partial charge in [-0.15, -0.1) is 5.10 Å². The number of thioether (sulfide) groups is 1. The third-order valence-electron chi connectivity index (χ3n) is 3.97. The van der Waals surface area contributed by atoms with Crippen LogP contribution in [-0.4, -0.2) is 38.4 Å².